The molecule has 0 unspecified atom stereocenters. The van der Waals surface area contributed by atoms with E-state index in [2.05, 4.69) is 26.2 Å². The average molecular weight is 351 g/mol. The zero-order valence-corrected chi connectivity index (χ0v) is 12.6. The second-order valence-corrected chi connectivity index (χ2v) is 5.64. The van der Waals surface area contributed by atoms with E-state index >= 15 is 0 Å². The van der Waals surface area contributed by atoms with Crippen molar-refractivity contribution in [1.29, 1.82) is 0 Å². The van der Waals surface area contributed by atoms with Gasteiger partial charge in [-0.2, -0.15) is 0 Å². The summed E-state index contributed by atoms with van der Waals surface area (Å²) in [5, 5.41) is 2.75. The van der Waals surface area contributed by atoms with Crippen LogP contribution in [0.3, 0.4) is 0 Å². The molecule has 2 heterocycles. The number of rotatable bonds is 3. The van der Waals surface area contributed by atoms with Crippen LogP contribution in [-0.2, 0) is 13.0 Å². The van der Waals surface area contributed by atoms with E-state index in [-0.39, 0.29) is 11.5 Å². The van der Waals surface area contributed by atoms with E-state index in [0.717, 1.165) is 40.0 Å². The number of nitrogens with zero attached hydrogens (tertiary/aromatic N) is 1. The number of halogens is 2. The molecule has 1 aliphatic heterocycles. The van der Waals surface area contributed by atoms with Crippen molar-refractivity contribution in [3.63, 3.8) is 0 Å². The highest BCUT2D eigenvalue weighted by Crippen LogP contribution is 2.32. The van der Waals surface area contributed by atoms with Crippen molar-refractivity contribution < 1.29 is 13.9 Å². The van der Waals surface area contributed by atoms with Gasteiger partial charge in [0, 0.05) is 29.2 Å². The van der Waals surface area contributed by atoms with Gasteiger partial charge in [0.1, 0.15) is 11.6 Å². The maximum Gasteiger partial charge on any atom is 0.253 e. The molecular weight excluding hydrogens is 339 g/mol. The first kappa shape index (κ1) is 14.0. The highest BCUT2D eigenvalue weighted by molar-refractivity contribution is 9.10. The molecule has 0 radical (unpaired) electrons. The monoisotopic (exact) mass is 350 g/mol. The van der Waals surface area contributed by atoms with Crippen LogP contribution in [0.15, 0.2) is 35.1 Å². The third-order valence-electron chi connectivity index (χ3n) is 3.23. The van der Waals surface area contributed by atoms with Gasteiger partial charge in [0.2, 0.25) is 0 Å². The van der Waals surface area contributed by atoms with Crippen molar-refractivity contribution in [1.82, 2.24) is 10.3 Å². The van der Waals surface area contributed by atoms with Gasteiger partial charge in [0.05, 0.1) is 18.4 Å². The van der Waals surface area contributed by atoms with Crippen LogP contribution < -0.4 is 10.1 Å². The number of pyridine rings is 1. The molecule has 2 aromatic rings. The molecule has 0 atom stereocenters. The van der Waals surface area contributed by atoms with Gasteiger partial charge >= 0.3 is 0 Å². The van der Waals surface area contributed by atoms with Crippen molar-refractivity contribution in [2.45, 2.75) is 13.0 Å². The summed E-state index contributed by atoms with van der Waals surface area (Å²) >= 11 is 3.45. The van der Waals surface area contributed by atoms with E-state index in [4.69, 9.17) is 4.74 Å². The Morgan fingerprint density at radius 3 is 3.05 bits per heavy atom. The molecule has 1 aromatic carbocycles. The Morgan fingerprint density at radius 1 is 1.38 bits per heavy atom. The van der Waals surface area contributed by atoms with Crippen LogP contribution in [0.25, 0.3) is 0 Å². The van der Waals surface area contributed by atoms with Crippen LogP contribution in [0.5, 0.6) is 5.75 Å². The van der Waals surface area contributed by atoms with E-state index in [9.17, 15) is 9.18 Å². The number of benzene rings is 1. The molecule has 0 saturated heterocycles. The van der Waals surface area contributed by atoms with Crippen molar-refractivity contribution in [3.05, 3.63) is 57.6 Å². The van der Waals surface area contributed by atoms with Gasteiger partial charge in [-0.15, -0.1) is 0 Å². The molecule has 0 saturated carbocycles. The van der Waals surface area contributed by atoms with Crippen molar-refractivity contribution >= 4 is 21.8 Å². The third-order valence-corrected chi connectivity index (χ3v) is 3.69. The topological polar surface area (TPSA) is 51.2 Å². The molecule has 108 valence electrons. The Bertz CT molecular complexity index is 706. The lowest BCUT2D eigenvalue weighted by Gasteiger charge is -2.10. The Hall–Kier alpha value is -1.95. The third kappa shape index (κ3) is 3.05. The molecule has 1 aromatic heterocycles. The van der Waals surface area contributed by atoms with E-state index in [1.165, 1.54) is 6.20 Å². The highest BCUT2D eigenvalue weighted by atomic mass is 79.9. The summed E-state index contributed by atoms with van der Waals surface area (Å²) in [4.78, 5) is 15.6. The summed E-state index contributed by atoms with van der Waals surface area (Å²) in [5.74, 6) is -0.0704. The number of fused-ring (bicyclic) bond motifs is 1. The molecule has 6 heteroatoms. The first-order valence-electron chi connectivity index (χ1n) is 6.46. The van der Waals surface area contributed by atoms with Gasteiger partial charge in [-0.25, -0.2) is 4.39 Å². The summed E-state index contributed by atoms with van der Waals surface area (Å²) in [5.41, 5.74) is 2.22. The lowest BCUT2D eigenvalue weighted by atomic mass is 10.1. The summed E-state index contributed by atoms with van der Waals surface area (Å²) in [7, 11) is 0. The smallest absolute Gasteiger partial charge is 0.253 e. The lowest BCUT2D eigenvalue weighted by molar-refractivity contribution is 0.0950. The van der Waals surface area contributed by atoms with Crippen molar-refractivity contribution in [2.24, 2.45) is 0 Å². The van der Waals surface area contributed by atoms with Crippen LogP contribution in [0.4, 0.5) is 4.39 Å². The number of aromatic nitrogens is 1. The van der Waals surface area contributed by atoms with Crippen LogP contribution in [0, 0.1) is 5.82 Å². The standard InChI is InChI=1S/C15H12BrFN2O2/c16-12-3-9-1-2-21-14(9)10(4-12)7-19-15(20)11-5-13(17)8-18-6-11/h3-6,8H,1-2,7H2,(H,19,20). The van der Waals surface area contributed by atoms with Gasteiger partial charge in [0.15, 0.2) is 0 Å². The first-order valence-corrected chi connectivity index (χ1v) is 7.25. The number of hydrogen-bond donors (Lipinski definition) is 1. The van der Waals surface area contributed by atoms with Crippen LogP contribution in [-0.4, -0.2) is 17.5 Å². The fourth-order valence-corrected chi connectivity index (χ4v) is 2.84. The summed E-state index contributed by atoms with van der Waals surface area (Å²) < 4.78 is 19.6. The molecule has 0 aliphatic carbocycles. The minimum atomic E-state index is -0.533. The average Bonchev–Trinajstić information content (AvgIpc) is 2.92. The lowest BCUT2D eigenvalue weighted by Crippen LogP contribution is -2.23. The predicted octanol–water partition coefficient (Wildman–Crippen LogP) is 2.85. The van der Waals surface area contributed by atoms with Gasteiger partial charge < -0.3 is 10.1 Å². The zero-order chi connectivity index (χ0) is 14.8. The fraction of sp³-hybridized carbons (Fsp3) is 0.200. The number of carbonyl (C=O) groups excluding carboxylic acids is 1. The summed E-state index contributed by atoms with van der Waals surface area (Å²) in [6, 6.07) is 5.09. The molecule has 4 nitrogen and oxygen atoms in total. The summed E-state index contributed by atoms with van der Waals surface area (Å²) in [6.45, 7) is 0.970. The van der Waals surface area contributed by atoms with Crippen LogP contribution >= 0.6 is 15.9 Å². The minimum Gasteiger partial charge on any atom is -0.493 e. The number of carbonyl (C=O) groups is 1. The predicted molar refractivity (Wildman–Crippen MR) is 78.7 cm³/mol. The first-order chi connectivity index (χ1) is 10.1. The molecule has 0 spiro atoms. The van der Waals surface area contributed by atoms with Crippen LogP contribution in [0.1, 0.15) is 21.5 Å². The Labute approximate surface area is 129 Å². The Balaban J connectivity index is 1.75. The van der Waals surface area contributed by atoms with Gasteiger partial charge in [-0.05, 0) is 23.8 Å². The molecular formula is C15H12BrFN2O2. The quantitative estimate of drug-likeness (QED) is 0.925. The number of nitrogens with one attached hydrogen (secondary N) is 1. The minimum absolute atomic E-state index is 0.197. The fourth-order valence-electron chi connectivity index (χ4n) is 2.29. The zero-order valence-electron chi connectivity index (χ0n) is 11.0. The second-order valence-electron chi connectivity index (χ2n) is 4.73. The molecule has 3 rings (SSSR count). The Morgan fingerprint density at radius 2 is 2.24 bits per heavy atom. The molecule has 1 aliphatic rings. The molecule has 0 bridgehead atoms. The molecule has 21 heavy (non-hydrogen) atoms. The van der Waals surface area contributed by atoms with Crippen molar-refractivity contribution in [3.8, 4) is 5.75 Å². The highest BCUT2D eigenvalue weighted by Gasteiger charge is 2.18. The number of amides is 1. The molecule has 1 amide bonds. The van der Waals surface area contributed by atoms with Gasteiger partial charge in [-0.3, -0.25) is 9.78 Å². The maximum atomic E-state index is 13.1. The Kier molecular flexibility index (Phi) is 3.88. The summed E-state index contributed by atoms with van der Waals surface area (Å²) in [6.07, 6.45) is 3.26. The van der Waals surface area contributed by atoms with E-state index in [0.29, 0.717) is 13.2 Å². The van der Waals surface area contributed by atoms with Gasteiger partial charge in [-0.1, -0.05) is 15.9 Å². The normalized spacial score (nSPS) is 12.7. The van der Waals surface area contributed by atoms with Crippen LogP contribution in [0.2, 0.25) is 0 Å². The maximum absolute atomic E-state index is 13.1. The van der Waals surface area contributed by atoms with Crippen molar-refractivity contribution in [2.75, 3.05) is 6.61 Å². The van der Waals surface area contributed by atoms with E-state index in [1.807, 2.05) is 12.1 Å². The largest absolute Gasteiger partial charge is 0.493 e. The van der Waals surface area contributed by atoms with Gasteiger partial charge in [0.25, 0.3) is 5.91 Å². The SMILES string of the molecule is O=C(NCc1cc(Br)cc2c1OCC2)c1cncc(F)c1. The number of ether oxygens (including phenoxy) is 1. The molecule has 1 N–H and O–H groups in total. The van der Waals surface area contributed by atoms with E-state index < -0.39 is 5.82 Å². The molecule has 0 fully saturated rings. The number of hydrogen-bond acceptors (Lipinski definition) is 3. The second kappa shape index (κ2) is 5.81. The van der Waals surface area contributed by atoms with E-state index in [1.54, 1.807) is 0 Å².